The fraction of sp³-hybridized carbons (Fsp3) is 0.348. The van der Waals surface area contributed by atoms with E-state index in [1.54, 1.807) is 4.90 Å². The molecule has 0 bridgehead atoms. The summed E-state index contributed by atoms with van der Waals surface area (Å²) in [7, 11) is 0. The summed E-state index contributed by atoms with van der Waals surface area (Å²) in [5, 5.41) is 2.76. The minimum Gasteiger partial charge on any atom is -0.325 e. The lowest BCUT2D eigenvalue weighted by molar-refractivity contribution is -0.133. The maximum Gasteiger partial charge on any atom is 0.275 e. The Morgan fingerprint density at radius 3 is 2.31 bits per heavy atom. The molecule has 0 saturated heterocycles. The minimum atomic E-state index is -0.654. The summed E-state index contributed by atoms with van der Waals surface area (Å²) in [4.78, 5) is 32.5. The molecule has 1 saturated carbocycles. The molecule has 0 radical (unpaired) electrons. The monoisotopic (exact) mass is 393 g/mol. The Labute approximate surface area is 169 Å². The maximum atomic E-state index is 13.3. The largest absolute Gasteiger partial charge is 0.325 e. The van der Waals surface area contributed by atoms with Gasteiger partial charge in [0.25, 0.3) is 5.91 Å². The highest BCUT2D eigenvalue weighted by Crippen LogP contribution is 2.38. The summed E-state index contributed by atoms with van der Waals surface area (Å²) in [5.74, 6) is -0.874. The van der Waals surface area contributed by atoms with E-state index in [1.807, 2.05) is 30.3 Å². The highest BCUT2D eigenvalue weighted by molar-refractivity contribution is 6.47. The van der Waals surface area contributed by atoms with Crippen molar-refractivity contribution in [2.75, 3.05) is 11.9 Å². The highest BCUT2D eigenvalue weighted by Gasteiger charge is 2.47. The molecule has 5 nitrogen and oxygen atoms in total. The molecule has 2 amide bonds. The molecule has 1 spiro atoms. The van der Waals surface area contributed by atoms with Crippen molar-refractivity contribution >= 4 is 23.2 Å². The molecular formula is C23H24FN3O2. The van der Waals surface area contributed by atoms with E-state index in [4.69, 9.17) is 4.99 Å². The normalized spacial score (nSPS) is 18.4. The molecule has 150 valence electrons. The Kier molecular flexibility index (Phi) is 5.43. The van der Waals surface area contributed by atoms with Crippen LogP contribution in [0.4, 0.5) is 10.1 Å². The van der Waals surface area contributed by atoms with Crippen molar-refractivity contribution in [3.05, 3.63) is 66.0 Å². The number of hydrogen-bond acceptors (Lipinski definition) is 3. The summed E-state index contributed by atoms with van der Waals surface area (Å²) >= 11 is 0. The van der Waals surface area contributed by atoms with Gasteiger partial charge in [-0.05, 0) is 49.9 Å². The third-order valence-electron chi connectivity index (χ3n) is 5.65. The van der Waals surface area contributed by atoms with E-state index in [2.05, 4.69) is 5.32 Å². The van der Waals surface area contributed by atoms with Gasteiger partial charge in [-0.1, -0.05) is 43.2 Å². The van der Waals surface area contributed by atoms with Crippen LogP contribution in [0.15, 0.2) is 59.6 Å². The number of halogens is 1. The molecule has 2 aliphatic rings. The van der Waals surface area contributed by atoms with Crippen LogP contribution in [0.1, 0.15) is 44.1 Å². The van der Waals surface area contributed by atoms with Crippen molar-refractivity contribution in [3.8, 4) is 0 Å². The van der Waals surface area contributed by atoms with E-state index in [0.717, 1.165) is 44.1 Å². The Bertz CT molecular complexity index is 917. The molecule has 29 heavy (non-hydrogen) atoms. The molecule has 1 aliphatic carbocycles. The number of carbonyl (C=O) groups excluding carboxylic acids is 2. The number of benzene rings is 2. The van der Waals surface area contributed by atoms with E-state index >= 15 is 0 Å². The fourth-order valence-electron chi connectivity index (χ4n) is 4.19. The molecule has 4 rings (SSSR count). The van der Waals surface area contributed by atoms with E-state index in [9.17, 15) is 14.0 Å². The lowest BCUT2D eigenvalue weighted by Gasteiger charge is -2.35. The first-order valence-corrected chi connectivity index (χ1v) is 10.1. The van der Waals surface area contributed by atoms with Gasteiger partial charge in [-0.2, -0.15) is 0 Å². The van der Waals surface area contributed by atoms with Gasteiger partial charge in [0.05, 0.1) is 0 Å². The van der Waals surface area contributed by atoms with Gasteiger partial charge >= 0.3 is 0 Å². The van der Waals surface area contributed by atoms with Crippen molar-refractivity contribution in [1.29, 1.82) is 0 Å². The molecule has 2 aromatic carbocycles. The zero-order valence-electron chi connectivity index (χ0n) is 16.2. The highest BCUT2D eigenvalue weighted by atomic mass is 19.1. The smallest absolute Gasteiger partial charge is 0.275 e. The van der Waals surface area contributed by atoms with Crippen LogP contribution in [0, 0.1) is 5.82 Å². The van der Waals surface area contributed by atoms with Gasteiger partial charge in [0.1, 0.15) is 23.7 Å². The molecule has 6 heteroatoms. The van der Waals surface area contributed by atoms with Crippen molar-refractivity contribution in [3.63, 3.8) is 0 Å². The van der Waals surface area contributed by atoms with Crippen LogP contribution in [0.3, 0.4) is 0 Å². The quantitative estimate of drug-likeness (QED) is 0.848. The predicted molar refractivity (Wildman–Crippen MR) is 110 cm³/mol. The van der Waals surface area contributed by atoms with Gasteiger partial charge in [-0.15, -0.1) is 0 Å². The van der Waals surface area contributed by atoms with Crippen molar-refractivity contribution in [2.45, 2.75) is 44.2 Å². The Morgan fingerprint density at radius 1 is 1.00 bits per heavy atom. The van der Waals surface area contributed by atoms with E-state index in [-0.39, 0.29) is 24.2 Å². The molecule has 0 unspecified atom stereocenters. The minimum absolute atomic E-state index is 0.0734. The average molecular weight is 393 g/mol. The summed E-state index contributed by atoms with van der Waals surface area (Å²) < 4.78 is 13.1. The van der Waals surface area contributed by atoms with E-state index < -0.39 is 5.66 Å². The van der Waals surface area contributed by atoms with Crippen LogP contribution in [-0.2, 0) is 9.59 Å². The number of nitrogens with zero attached hydrogens (tertiary/aromatic N) is 2. The number of anilines is 1. The third-order valence-corrected chi connectivity index (χ3v) is 5.65. The Hall–Kier alpha value is -3.02. The summed E-state index contributed by atoms with van der Waals surface area (Å²) in [6.45, 7) is -0.0734. The first-order chi connectivity index (χ1) is 14.1. The van der Waals surface area contributed by atoms with Crippen molar-refractivity contribution in [2.24, 2.45) is 4.99 Å². The summed E-state index contributed by atoms with van der Waals surface area (Å²) in [6, 6.07) is 15.0. The zero-order chi connectivity index (χ0) is 20.3. The standard InChI is InChI=1S/C23H24FN3O2/c24-18-10-12-19(13-11-18)25-20(28)16-27-22(29)21(17-8-4-3-5-9-17)26-23(27)14-6-1-2-7-15-23/h3-5,8-13H,1-2,6-7,14-16H2,(H,25,28). The predicted octanol–water partition coefficient (Wildman–Crippen LogP) is 4.15. The van der Waals surface area contributed by atoms with Gasteiger partial charge in [-0.25, -0.2) is 4.39 Å². The lowest BCUT2D eigenvalue weighted by atomic mass is 10.00. The molecule has 1 aliphatic heterocycles. The van der Waals surface area contributed by atoms with Crippen molar-refractivity contribution < 1.29 is 14.0 Å². The summed E-state index contributed by atoms with van der Waals surface area (Å²) in [5.41, 5.74) is 1.06. The molecule has 2 aromatic rings. The third kappa shape index (κ3) is 4.06. The second-order valence-corrected chi connectivity index (χ2v) is 7.67. The van der Waals surface area contributed by atoms with Crippen LogP contribution < -0.4 is 5.32 Å². The number of hydrogen-bond donors (Lipinski definition) is 1. The number of rotatable bonds is 4. The van der Waals surface area contributed by atoms with Gasteiger partial charge < -0.3 is 10.2 Å². The zero-order valence-corrected chi connectivity index (χ0v) is 16.2. The number of aliphatic imine (C=N–C) groups is 1. The molecule has 0 aromatic heterocycles. The molecule has 1 heterocycles. The Balaban J connectivity index is 1.59. The Morgan fingerprint density at radius 2 is 1.66 bits per heavy atom. The topological polar surface area (TPSA) is 61.8 Å². The van der Waals surface area contributed by atoms with E-state index in [1.165, 1.54) is 24.3 Å². The first-order valence-electron chi connectivity index (χ1n) is 10.1. The number of amides is 2. The first kappa shape index (κ1) is 19.3. The van der Waals surface area contributed by atoms with Crippen LogP contribution in [0.25, 0.3) is 0 Å². The van der Waals surface area contributed by atoms with Crippen molar-refractivity contribution in [1.82, 2.24) is 4.90 Å². The van der Waals surface area contributed by atoms with Crippen LogP contribution in [-0.4, -0.2) is 34.6 Å². The van der Waals surface area contributed by atoms with Gasteiger partial charge in [0, 0.05) is 11.3 Å². The van der Waals surface area contributed by atoms with Crippen LogP contribution in [0.5, 0.6) is 0 Å². The van der Waals surface area contributed by atoms with E-state index in [0.29, 0.717) is 11.4 Å². The van der Waals surface area contributed by atoms with Crippen LogP contribution in [0.2, 0.25) is 0 Å². The summed E-state index contributed by atoms with van der Waals surface area (Å²) in [6.07, 6.45) is 5.71. The SMILES string of the molecule is O=C(CN1C(=O)C(c2ccccc2)=NC12CCCCCC2)Nc1ccc(F)cc1. The van der Waals surface area contributed by atoms with Gasteiger partial charge in [0.15, 0.2) is 0 Å². The second-order valence-electron chi connectivity index (χ2n) is 7.67. The maximum absolute atomic E-state index is 13.3. The number of nitrogens with one attached hydrogen (secondary N) is 1. The number of carbonyl (C=O) groups is 2. The molecule has 1 fully saturated rings. The second kappa shape index (κ2) is 8.15. The molecule has 0 atom stereocenters. The molecular weight excluding hydrogens is 369 g/mol. The van der Waals surface area contributed by atoms with Gasteiger partial charge in [0.2, 0.25) is 5.91 Å². The lowest BCUT2D eigenvalue weighted by Crippen LogP contribution is -2.50. The van der Waals surface area contributed by atoms with Gasteiger partial charge in [-0.3, -0.25) is 14.6 Å². The fourth-order valence-corrected chi connectivity index (χ4v) is 4.19. The molecule has 1 N–H and O–H groups in total. The average Bonchev–Trinajstić information content (AvgIpc) is 2.88. The van der Waals surface area contributed by atoms with Crippen LogP contribution >= 0.6 is 0 Å².